The van der Waals surface area contributed by atoms with Gasteiger partial charge < -0.3 is 15.7 Å². The maximum Gasteiger partial charge on any atom is 0.292 e. The molecule has 1 rings (SSSR count). The molecule has 1 amide bonds. The Bertz CT molecular complexity index is 517. The quantitative estimate of drug-likeness (QED) is 0.525. The minimum Gasteiger partial charge on any atom is -0.391 e. The molecule has 7 heteroatoms. The lowest BCUT2D eigenvalue weighted by Crippen LogP contribution is -2.26. The second-order valence-electron chi connectivity index (χ2n) is 5.04. The van der Waals surface area contributed by atoms with Crippen LogP contribution in [-0.4, -0.2) is 35.1 Å². The van der Waals surface area contributed by atoms with Gasteiger partial charge in [0.15, 0.2) is 0 Å². The van der Waals surface area contributed by atoms with E-state index in [4.69, 9.17) is 0 Å². The maximum absolute atomic E-state index is 11.8. The third-order valence-electron chi connectivity index (χ3n) is 3.06. The predicted molar refractivity (Wildman–Crippen MR) is 80.4 cm³/mol. The van der Waals surface area contributed by atoms with Crippen molar-refractivity contribution < 1.29 is 14.8 Å². The number of nitro benzene ring substituents is 1. The van der Waals surface area contributed by atoms with Crippen molar-refractivity contribution in [1.82, 2.24) is 5.32 Å². The third-order valence-corrected chi connectivity index (χ3v) is 3.06. The van der Waals surface area contributed by atoms with Gasteiger partial charge in [-0.3, -0.25) is 14.9 Å². The summed E-state index contributed by atoms with van der Waals surface area (Å²) in [4.78, 5) is 22.3. The zero-order chi connectivity index (χ0) is 16.0. The number of nitrogens with one attached hydrogen (secondary N) is 2. The topological polar surface area (TPSA) is 104 Å². The van der Waals surface area contributed by atoms with Crippen molar-refractivity contribution in [2.75, 3.05) is 18.4 Å². The summed E-state index contributed by atoms with van der Waals surface area (Å²) in [5.74, 6) is -0.261. The second kappa shape index (κ2) is 7.58. The van der Waals surface area contributed by atoms with E-state index in [1.54, 1.807) is 6.92 Å². The number of carbonyl (C=O) groups excluding carboxylic acids is 1. The molecule has 0 fully saturated rings. The van der Waals surface area contributed by atoms with Gasteiger partial charge in [-0.15, -0.1) is 0 Å². The standard InChI is InChI=1S/C14H21N3O4/c1-4-15-14(19)10-5-6-12(17(20)21)11(7-10)16-8-13(18)9(2)3/h5-7,9,13,16,18H,4,8H2,1-3H3,(H,15,19). The molecule has 21 heavy (non-hydrogen) atoms. The Kier molecular flexibility index (Phi) is 6.10. The molecule has 116 valence electrons. The van der Waals surface area contributed by atoms with Gasteiger partial charge >= 0.3 is 0 Å². The summed E-state index contributed by atoms with van der Waals surface area (Å²) in [6, 6.07) is 4.12. The molecule has 7 nitrogen and oxygen atoms in total. The molecule has 0 bridgehead atoms. The van der Waals surface area contributed by atoms with Crippen LogP contribution in [0.15, 0.2) is 18.2 Å². The van der Waals surface area contributed by atoms with Gasteiger partial charge in [-0.25, -0.2) is 0 Å². The highest BCUT2D eigenvalue weighted by molar-refractivity contribution is 5.95. The van der Waals surface area contributed by atoms with Gasteiger partial charge in [0.05, 0.1) is 11.0 Å². The van der Waals surface area contributed by atoms with Crippen LogP contribution in [0.3, 0.4) is 0 Å². The Morgan fingerprint density at radius 1 is 1.43 bits per heavy atom. The summed E-state index contributed by atoms with van der Waals surface area (Å²) in [7, 11) is 0. The molecule has 0 saturated heterocycles. The van der Waals surface area contributed by atoms with E-state index >= 15 is 0 Å². The van der Waals surface area contributed by atoms with Crippen LogP contribution in [0.1, 0.15) is 31.1 Å². The van der Waals surface area contributed by atoms with Crippen molar-refractivity contribution in [3.8, 4) is 0 Å². The molecule has 0 heterocycles. The normalized spacial score (nSPS) is 12.0. The number of aliphatic hydroxyl groups excluding tert-OH is 1. The number of anilines is 1. The lowest BCUT2D eigenvalue weighted by Gasteiger charge is -2.16. The molecule has 3 N–H and O–H groups in total. The van der Waals surface area contributed by atoms with E-state index < -0.39 is 11.0 Å². The van der Waals surface area contributed by atoms with Gasteiger partial charge in [0, 0.05) is 24.7 Å². The highest BCUT2D eigenvalue weighted by Crippen LogP contribution is 2.25. The first-order chi connectivity index (χ1) is 9.86. The minimum absolute atomic E-state index is 0.0307. The first-order valence-corrected chi connectivity index (χ1v) is 6.85. The van der Waals surface area contributed by atoms with Gasteiger partial charge in [-0.1, -0.05) is 13.8 Å². The molecular formula is C14H21N3O4. The Morgan fingerprint density at radius 3 is 2.62 bits per heavy atom. The lowest BCUT2D eigenvalue weighted by atomic mass is 10.1. The Hall–Kier alpha value is -2.15. The van der Waals surface area contributed by atoms with Crippen molar-refractivity contribution in [1.29, 1.82) is 0 Å². The summed E-state index contributed by atoms with van der Waals surface area (Å²) < 4.78 is 0. The van der Waals surface area contributed by atoms with E-state index in [1.807, 2.05) is 13.8 Å². The summed E-state index contributed by atoms with van der Waals surface area (Å²) >= 11 is 0. The smallest absolute Gasteiger partial charge is 0.292 e. The number of benzene rings is 1. The fourth-order valence-corrected chi connectivity index (χ4v) is 1.69. The summed E-state index contributed by atoms with van der Waals surface area (Å²) in [5, 5.41) is 26.3. The fraction of sp³-hybridized carbons (Fsp3) is 0.500. The molecule has 1 atom stereocenters. The minimum atomic E-state index is -0.627. The average Bonchev–Trinajstić information content (AvgIpc) is 2.44. The van der Waals surface area contributed by atoms with Crippen LogP contribution in [0.25, 0.3) is 0 Å². The fourth-order valence-electron chi connectivity index (χ4n) is 1.69. The number of carbonyl (C=O) groups is 1. The number of nitrogens with zero attached hydrogens (tertiary/aromatic N) is 1. The molecule has 0 saturated carbocycles. The van der Waals surface area contributed by atoms with E-state index in [0.717, 1.165) is 0 Å². The molecule has 0 aliphatic rings. The molecule has 0 aliphatic carbocycles. The molecule has 1 unspecified atom stereocenters. The van der Waals surface area contributed by atoms with Gasteiger partial charge in [0.2, 0.25) is 0 Å². The third kappa shape index (κ3) is 4.71. The van der Waals surface area contributed by atoms with E-state index in [2.05, 4.69) is 10.6 Å². The molecule has 0 radical (unpaired) electrons. The van der Waals surface area contributed by atoms with Crippen LogP contribution < -0.4 is 10.6 Å². The van der Waals surface area contributed by atoms with Crippen molar-refractivity contribution in [2.24, 2.45) is 5.92 Å². The van der Waals surface area contributed by atoms with Crippen LogP contribution >= 0.6 is 0 Å². The van der Waals surface area contributed by atoms with E-state index in [0.29, 0.717) is 12.1 Å². The molecule has 1 aromatic rings. The lowest BCUT2D eigenvalue weighted by molar-refractivity contribution is -0.384. The molecule has 1 aromatic carbocycles. The van der Waals surface area contributed by atoms with Crippen molar-refractivity contribution >= 4 is 17.3 Å². The monoisotopic (exact) mass is 295 g/mol. The summed E-state index contributed by atoms with van der Waals surface area (Å²) in [6.45, 7) is 6.15. The van der Waals surface area contributed by atoms with E-state index in [1.165, 1.54) is 18.2 Å². The van der Waals surface area contributed by atoms with Crippen molar-refractivity contribution in [3.05, 3.63) is 33.9 Å². The highest BCUT2D eigenvalue weighted by atomic mass is 16.6. The maximum atomic E-state index is 11.8. The van der Waals surface area contributed by atoms with Crippen LogP contribution in [0.5, 0.6) is 0 Å². The van der Waals surface area contributed by atoms with E-state index in [-0.39, 0.29) is 29.7 Å². The molecular weight excluding hydrogens is 274 g/mol. The number of amides is 1. The molecule has 0 spiro atoms. The van der Waals surface area contributed by atoms with E-state index in [9.17, 15) is 20.0 Å². The van der Waals surface area contributed by atoms with Crippen LogP contribution in [-0.2, 0) is 0 Å². The van der Waals surface area contributed by atoms with Crippen LogP contribution in [0.2, 0.25) is 0 Å². The van der Waals surface area contributed by atoms with Gasteiger partial charge in [-0.2, -0.15) is 0 Å². The van der Waals surface area contributed by atoms with Gasteiger partial charge in [0.25, 0.3) is 11.6 Å². The van der Waals surface area contributed by atoms with Crippen molar-refractivity contribution in [2.45, 2.75) is 26.9 Å². The zero-order valence-corrected chi connectivity index (χ0v) is 12.4. The Balaban J connectivity index is 2.99. The molecule has 0 aliphatic heterocycles. The van der Waals surface area contributed by atoms with Crippen LogP contribution in [0, 0.1) is 16.0 Å². The first kappa shape index (κ1) is 16.9. The summed E-state index contributed by atoms with van der Waals surface area (Å²) in [5.41, 5.74) is 0.437. The SMILES string of the molecule is CCNC(=O)c1ccc([N+](=O)[O-])c(NCC(O)C(C)C)c1. The van der Waals surface area contributed by atoms with Gasteiger partial charge in [-0.05, 0) is 25.0 Å². The Morgan fingerprint density at radius 2 is 2.10 bits per heavy atom. The van der Waals surface area contributed by atoms with Crippen LogP contribution in [0.4, 0.5) is 11.4 Å². The van der Waals surface area contributed by atoms with Crippen molar-refractivity contribution in [3.63, 3.8) is 0 Å². The average molecular weight is 295 g/mol. The number of nitro groups is 1. The zero-order valence-electron chi connectivity index (χ0n) is 12.4. The van der Waals surface area contributed by atoms with Gasteiger partial charge in [0.1, 0.15) is 5.69 Å². The largest absolute Gasteiger partial charge is 0.391 e. The molecule has 0 aromatic heterocycles. The second-order valence-corrected chi connectivity index (χ2v) is 5.04. The predicted octanol–water partition coefficient (Wildman–Crippen LogP) is 1.77. The number of aliphatic hydroxyl groups is 1. The number of hydrogen-bond acceptors (Lipinski definition) is 5. The summed E-state index contributed by atoms with van der Waals surface area (Å²) in [6.07, 6.45) is -0.627. The Labute approximate surface area is 123 Å². The highest BCUT2D eigenvalue weighted by Gasteiger charge is 2.18. The number of hydrogen-bond donors (Lipinski definition) is 3. The first-order valence-electron chi connectivity index (χ1n) is 6.85. The number of rotatable bonds is 7.